The SMILES string of the molecule is CSCCN1Cc2ccccc2CC1CN. The van der Waals surface area contributed by atoms with Crippen LogP contribution in [-0.4, -0.2) is 36.0 Å². The molecule has 2 nitrogen and oxygen atoms in total. The molecule has 88 valence electrons. The van der Waals surface area contributed by atoms with Crippen molar-refractivity contribution < 1.29 is 0 Å². The van der Waals surface area contributed by atoms with E-state index in [-0.39, 0.29) is 0 Å². The number of thioether (sulfide) groups is 1. The van der Waals surface area contributed by atoms with Crippen LogP contribution in [0.25, 0.3) is 0 Å². The van der Waals surface area contributed by atoms with Gasteiger partial charge in [-0.15, -0.1) is 0 Å². The summed E-state index contributed by atoms with van der Waals surface area (Å²) in [6, 6.07) is 9.28. The number of nitrogens with zero attached hydrogens (tertiary/aromatic N) is 1. The Hall–Kier alpha value is -0.510. The molecule has 1 aliphatic heterocycles. The molecule has 0 radical (unpaired) electrons. The molecule has 0 amide bonds. The van der Waals surface area contributed by atoms with Gasteiger partial charge in [0.25, 0.3) is 0 Å². The average molecular weight is 236 g/mol. The van der Waals surface area contributed by atoms with Crippen molar-refractivity contribution in [2.75, 3.05) is 25.1 Å². The molecule has 1 aromatic carbocycles. The molecule has 0 spiro atoms. The molecule has 1 aromatic rings. The maximum Gasteiger partial charge on any atom is 0.0262 e. The van der Waals surface area contributed by atoms with Crippen molar-refractivity contribution in [2.45, 2.75) is 19.0 Å². The highest BCUT2D eigenvalue weighted by molar-refractivity contribution is 7.98. The van der Waals surface area contributed by atoms with Gasteiger partial charge in [0.2, 0.25) is 0 Å². The molecule has 1 unspecified atom stereocenters. The van der Waals surface area contributed by atoms with Gasteiger partial charge in [0, 0.05) is 31.4 Å². The number of hydrogen-bond donors (Lipinski definition) is 1. The lowest BCUT2D eigenvalue weighted by Crippen LogP contribution is -2.45. The molecule has 0 aliphatic carbocycles. The molecule has 0 saturated heterocycles. The van der Waals surface area contributed by atoms with Crippen LogP contribution in [-0.2, 0) is 13.0 Å². The Kier molecular flexibility index (Phi) is 4.27. The first-order valence-electron chi connectivity index (χ1n) is 5.85. The van der Waals surface area contributed by atoms with Crippen molar-refractivity contribution >= 4 is 11.8 Å². The smallest absolute Gasteiger partial charge is 0.0262 e. The number of rotatable bonds is 4. The summed E-state index contributed by atoms with van der Waals surface area (Å²) in [5, 5.41) is 0. The second-order valence-electron chi connectivity index (χ2n) is 4.33. The lowest BCUT2D eigenvalue weighted by Gasteiger charge is -2.36. The first-order chi connectivity index (χ1) is 7.85. The third-order valence-corrected chi connectivity index (χ3v) is 3.91. The Balaban J connectivity index is 2.11. The van der Waals surface area contributed by atoms with Crippen LogP contribution in [0.4, 0.5) is 0 Å². The number of nitrogens with two attached hydrogens (primary N) is 1. The fourth-order valence-electron chi connectivity index (χ4n) is 2.34. The fraction of sp³-hybridized carbons (Fsp3) is 0.538. The van der Waals surface area contributed by atoms with Gasteiger partial charge in [-0.2, -0.15) is 11.8 Å². The van der Waals surface area contributed by atoms with E-state index in [2.05, 4.69) is 35.4 Å². The Morgan fingerprint density at radius 2 is 2.12 bits per heavy atom. The van der Waals surface area contributed by atoms with Crippen molar-refractivity contribution in [3.63, 3.8) is 0 Å². The lowest BCUT2D eigenvalue weighted by molar-refractivity contribution is 0.187. The number of benzene rings is 1. The summed E-state index contributed by atoms with van der Waals surface area (Å²) in [7, 11) is 0. The summed E-state index contributed by atoms with van der Waals surface area (Å²) in [4.78, 5) is 2.53. The Labute approximate surface area is 102 Å². The summed E-state index contributed by atoms with van der Waals surface area (Å²) in [6.07, 6.45) is 3.27. The highest BCUT2D eigenvalue weighted by Gasteiger charge is 2.23. The summed E-state index contributed by atoms with van der Waals surface area (Å²) in [5.41, 5.74) is 8.84. The normalized spacial score (nSPS) is 20.8. The van der Waals surface area contributed by atoms with Gasteiger partial charge in [-0.3, -0.25) is 4.90 Å². The topological polar surface area (TPSA) is 29.3 Å². The van der Waals surface area contributed by atoms with Gasteiger partial charge in [0.1, 0.15) is 0 Å². The van der Waals surface area contributed by atoms with E-state index in [9.17, 15) is 0 Å². The van der Waals surface area contributed by atoms with Gasteiger partial charge < -0.3 is 5.73 Å². The van der Waals surface area contributed by atoms with Crippen LogP contribution in [0.5, 0.6) is 0 Å². The van der Waals surface area contributed by atoms with Crippen LogP contribution >= 0.6 is 11.8 Å². The molecule has 0 bridgehead atoms. The Morgan fingerprint density at radius 3 is 2.81 bits per heavy atom. The lowest BCUT2D eigenvalue weighted by atomic mass is 9.94. The molecule has 3 heteroatoms. The predicted octanol–water partition coefficient (Wildman–Crippen LogP) is 1.74. The molecular weight excluding hydrogens is 216 g/mol. The summed E-state index contributed by atoms with van der Waals surface area (Å²) >= 11 is 1.91. The number of fused-ring (bicyclic) bond motifs is 1. The minimum atomic E-state index is 0.530. The quantitative estimate of drug-likeness (QED) is 0.863. The van der Waals surface area contributed by atoms with Crippen LogP contribution in [0.1, 0.15) is 11.1 Å². The first kappa shape index (κ1) is 12.0. The van der Waals surface area contributed by atoms with Crippen molar-refractivity contribution in [2.24, 2.45) is 5.73 Å². The molecule has 0 fully saturated rings. The largest absolute Gasteiger partial charge is 0.329 e. The van der Waals surface area contributed by atoms with E-state index in [4.69, 9.17) is 5.73 Å². The van der Waals surface area contributed by atoms with E-state index < -0.39 is 0 Å². The van der Waals surface area contributed by atoms with Crippen molar-refractivity contribution in [3.05, 3.63) is 35.4 Å². The van der Waals surface area contributed by atoms with Gasteiger partial charge in [0.05, 0.1) is 0 Å². The van der Waals surface area contributed by atoms with E-state index in [1.165, 1.54) is 16.9 Å². The van der Waals surface area contributed by atoms with Crippen molar-refractivity contribution in [1.82, 2.24) is 4.90 Å². The zero-order valence-electron chi connectivity index (χ0n) is 9.86. The predicted molar refractivity (Wildman–Crippen MR) is 71.8 cm³/mol. The first-order valence-corrected chi connectivity index (χ1v) is 7.24. The van der Waals surface area contributed by atoms with Crippen LogP contribution in [0.15, 0.2) is 24.3 Å². The van der Waals surface area contributed by atoms with E-state index in [1.54, 1.807) is 0 Å². The monoisotopic (exact) mass is 236 g/mol. The van der Waals surface area contributed by atoms with E-state index in [1.807, 2.05) is 11.8 Å². The zero-order valence-corrected chi connectivity index (χ0v) is 10.7. The van der Waals surface area contributed by atoms with Gasteiger partial charge in [0.15, 0.2) is 0 Å². The summed E-state index contributed by atoms with van der Waals surface area (Å²) < 4.78 is 0. The second-order valence-corrected chi connectivity index (χ2v) is 5.31. The summed E-state index contributed by atoms with van der Waals surface area (Å²) in [6.45, 7) is 2.98. The number of hydrogen-bond acceptors (Lipinski definition) is 3. The molecule has 2 rings (SSSR count). The fourth-order valence-corrected chi connectivity index (χ4v) is 2.76. The molecule has 0 aromatic heterocycles. The Bertz CT molecular complexity index is 340. The zero-order chi connectivity index (χ0) is 11.4. The molecule has 1 heterocycles. The van der Waals surface area contributed by atoms with E-state index in [0.717, 1.165) is 26.1 Å². The molecule has 2 N–H and O–H groups in total. The molecule has 1 atom stereocenters. The maximum absolute atomic E-state index is 5.87. The van der Waals surface area contributed by atoms with Gasteiger partial charge in [-0.25, -0.2) is 0 Å². The maximum atomic E-state index is 5.87. The highest BCUT2D eigenvalue weighted by atomic mass is 32.2. The minimum absolute atomic E-state index is 0.530. The molecule has 16 heavy (non-hydrogen) atoms. The van der Waals surface area contributed by atoms with Gasteiger partial charge >= 0.3 is 0 Å². The van der Waals surface area contributed by atoms with Crippen molar-refractivity contribution in [1.29, 1.82) is 0 Å². The minimum Gasteiger partial charge on any atom is -0.329 e. The van der Waals surface area contributed by atoms with E-state index in [0.29, 0.717) is 6.04 Å². The van der Waals surface area contributed by atoms with Crippen LogP contribution in [0, 0.1) is 0 Å². The summed E-state index contributed by atoms with van der Waals surface area (Å²) in [5.74, 6) is 1.19. The van der Waals surface area contributed by atoms with Gasteiger partial charge in [-0.1, -0.05) is 24.3 Å². The third-order valence-electron chi connectivity index (χ3n) is 3.32. The van der Waals surface area contributed by atoms with Crippen LogP contribution < -0.4 is 5.73 Å². The third kappa shape index (κ3) is 2.59. The highest BCUT2D eigenvalue weighted by Crippen LogP contribution is 2.22. The standard InChI is InChI=1S/C13H20N2S/c1-16-7-6-15-10-12-5-3-2-4-11(12)8-13(15)9-14/h2-5,13H,6-10,14H2,1H3. The molecule has 0 saturated carbocycles. The molecular formula is C13H20N2S. The van der Waals surface area contributed by atoms with Crippen LogP contribution in [0.2, 0.25) is 0 Å². The molecule has 1 aliphatic rings. The van der Waals surface area contributed by atoms with E-state index >= 15 is 0 Å². The van der Waals surface area contributed by atoms with Crippen LogP contribution in [0.3, 0.4) is 0 Å². The average Bonchev–Trinajstić information content (AvgIpc) is 2.35. The Morgan fingerprint density at radius 1 is 1.38 bits per heavy atom. The van der Waals surface area contributed by atoms with Gasteiger partial charge in [-0.05, 0) is 23.8 Å². The van der Waals surface area contributed by atoms with Crippen molar-refractivity contribution in [3.8, 4) is 0 Å². The second kappa shape index (κ2) is 5.71.